The minimum Gasteiger partial charge on any atom is -0.478 e. The zero-order valence-electron chi connectivity index (χ0n) is 19.0. The van der Waals surface area contributed by atoms with Crippen molar-refractivity contribution in [2.24, 2.45) is 7.05 Å². The third-order valence-corrected chi connectivity index (χ3v) is 5.97. The molecular weight excluding hydrogens is 430 g/mol. The van der Waals surface area contributed by atoms with Crippen LogP contribution in [0.5, 0.6) is 0 Å². The lowest BCUT2D eigenvalue weighted by atomic mass is 10.0. The average Bonchev–Trinajstić information content (AvgIpc) is 3.19. The highest BCUT2D eigenvalue weighted by Crippen LogP contribution is 2.31. The molecule has 0 saturated heterocycles. The smallest absolute Gasteiger partial charge is 0.337 e. The Morgan fingerprint density at radius 3 is 2.71 bits per heavy atom. The van der Waals surface area contributed by atoms with E-state index in [0.29, 0.717) is 28.1 Å². The minimum atomic E-state index is -1.01. The molecule has 0 fully saturated rings. The third-order valence-electron chi connectivity index (χ3n) is 5.97. The molecule has 5 rings (SSSR count). The molecule has 3 heterocycles. The fourth-order valence-electron chi connectivity index (χ4n) is 4.26. The van der Waals surface area contributed by atoms with Gasteiger partial charge in [-0.15, -0.1) is 0 Å². The highest BCUT2D eigenvalue weighted by atomic mass is 16.4. The third kappa shape index (κ3) is 3.71. The van der Waals surface area contributed by atoms with Crippen molar-refractivity contribution in [3.63, 3.8) is 0 Å². The highest BCUT2D eigenvalue weighted by molar-refractivity contribution is 5.94. The zero-order chi connectivity index (χ0) is 24.0. The van der Waals surface area contributed by atoms with Crippen molar-refractivity contribution in [1.29, 1.82) is 0 Å². The lowest BCUT2D eigenvalue weighted by Crippen LogP contribution is -2.12. The van der Waals surface area contributed by atoms with Crippen LogP contribution in [0.1, 0.15) is 34.5 Å². The molecule has 2 N–H and O–H groups in total. The van der Waals surface area contributed by atoms with Gasteiger partial charge in [0.05, 0.1) is 17.0 Å². The summed E-state index contributed by atoms with van der Waals surface area (Å²) >= 11 is 0. The maximum Gasteiger partial charge on any atom is 0.337 e. The molecular formula is C27H23N3O4. The number of aromatic carboxylic acids is 1. The van der Waals surface area contributed by atoms with Crippen molar-refractivity contribution in [2.75, 3.05) is 5.32 Å². The van der Waals surface area contributed by atoms with E-state index in [-0.39, 0.29) is 17.0 Å². The molecule has 5 aromatic rings. The number of aromatic nitrogens is 2. The zero-order valence-corrected chi connectivity index (χ0v) is 19.0. The van der Waals surface area contributed by atoms with Gasteiger partial charge in [0, 0.05) is 35.9 Å². The molecule has 0 aliphatic carbocycles. The summed E-state index contributed by atoms with van der Waals surface area (Å²) in [4.78, 5) is 29.4. The van der Waals surface area contributed by atoms with Crippen molar-refractivity contribution in [2.45, 2.75) is 19.9 Å². The van der Waals surface area contributed by atoms with Gasteiger partial charge in [0.15, 0.2) is 11.2 Å². The monoisotopic (exact) mass is 453 g/mol. The van der Waals surface area contributed by atoms with Crippen LogP contribution in [-0.2, 0) is 7.05 Å². The van der Waals surface area contributed by atoms with Gasteiger partial charge >= 0.3 is 5.97 Å². The van der Waals surface area contributed by atoms with Gasteiger partial charge < -0.3 is 19.4 Å². The molecule has 0 saturated carbocycles. The molecule has 0 spiro atoms. The average molecular weight is 453 g/mol. The van der Waals surface area contributed by atoms with Crippen LogP contribution in [0.25, 0.3) is 33.5 Å². The van der Waals surface area contributed by atoms with Crippen LogP contribution < -0.4 is 10.7 Å². The molecule has 2 aromatic carbocycles. The number of fused-ring (bicyclic) bond motifs is 2. The Morgan fingerprint density at radius 1 is 1.12 bits per heavy atom. The molecule has 0 aliphatic heterocycles. The summed E-state index contributed by atoms with van der Waals surface area (Å²) in [5, 5.41) is 14.3. The number of anilines is 1. The van der Waals surface area contributed by atoms with Gasteiger partial charge in [-0.3, -0.25) is 4.79 Å². The standard InChI is InChI=1S/C27H23N3O4/c1-15-12-19(16(2)28-21-7-5-4-6-18(21)27(32)33)25-20(13-15)23(31)14-24(34-25)22-9-8-17-10-11-30(3)26(17)29-22/h4-14,16,28H,1-3H3,(H,32,33)/t16-/m1/s1. The maximum atomic E-state index is 13.1. The van der Waals surface area contributed by atoms with Crippen LogP contribution in [0.4, 0.5) is 5.69 Å². The van der Waals surface area contributed by atoms with Crippen LogP contribution in [0.2, 0.25) is 0 Å². The number of pyridine rings is 1. The Labute approximate surface area is 195 Å². The number of carboxylic acids is 1. The maximum absolute atomic E-state index is 13.1. The summed E-state index contributed by atoms with van der Waals surface area (Å²) in [5.74, 6) is -0.635. The van der Waals surface area contributed by atoms with Gasteiger partial charge in [-0.2, -0.15) is 0 Å². The summed E-state index contributed by atoms with van der Waals surface area (Å²) in [7, 11) is 1.92. The van der Waals surface area contributed by atoms with Crippen molar-refractivity contribution in [1.82, 2.24) is 9.55 Å². The Hall–Kier alpha value is -4.39. The fraction of sp³-hybridized carbons (Fsp3) is 0.148. The van der Waals surface area contributed by atoms with E-state index in [1.807, 2.05) is 55.9 Å². The van der Waals surface area contributed by atoms with Crippen molar-refractivity contribution in [3.05, 3.63) is 93.8 Å². The van der Waals surface area contributed by atoms with Crippen LogP contribution in [0, 0.1) is 6.92 Å². The molecule has 0 unspecified atom stereocenters. The van der Waals surface area contributed by atoms with E-state index in [2.05, 4.69) is 5.32 Å². The molecule has 0 aliphatic rings. The molecule has 0 bridgehead atoms. The van der Waals surface area contributed by atoms with Gasteiger partial charge in [-0.05, 0) is 55.8 Å². The van der Waals surface area contributed by atoms with E-state index in [0.717, 1.165) is 22.2 Å². The predicted molar refractivity (Wildman–Crippen MR) is 132 cm³/mol. The summed E-state index contributed by atoms with van der Waals surface area (Å²) in [5.41, 5.74) is 3.99. The van der Waals surface area contributed by atoms with Gasteiger partial charge in [0.2, 0.25) is 0 Å². The van der Waals surface area contributed by atoms with Crippen LogP contribution in [-0.4, -0.2) is 20.6 Å². The first kappa shape index (κ1) is 21.5. The largest absolute Gasteiger partial charge is 0.478 e. The first-order valence-electron chi connectivity index (χ1n) is 10.9. The van der Waals surface area contributed by atoms with Gasteiger partial charge in [-0.1, -0.05) is 18.2 Å². The van der Waals surface area contributed by atoms with Crippen LogP contribution in [0.15, 0.2) is 76.1 Å². The Kier molecular flexibility index (Phi) is 5.17. The molecule has 7 heteroatoms. The Balaban J connectivity index is 1.65. The number of nitrogens with zero attached hydrogens (tertiary/aromatic N) is 2. The fourth-order valence-corrected chi connectivity index (χ4v) is 4.26. The minimum absolute atomic E-state index is 0.159. The van der Waals surface area contributed by atoms with Crippen molar-refractivity contribution >= 4 is 33.7 Å². The summed E-state index contributed by atoms with van der Waals surface area (Å²) in [6, 6.07) is 17.4. The number of carbonyl (C=O) groups is 1. The Bertz CT molecular complexity index is 1630. The summed E-state index contributed by atoms with van der Waals surface area (Å²) in [6.07, 6.45) is 1.93. The Morgan fingerprint density at radius 2 is 1.91 bits per heavy atom. The second kappa shape index (κ2) is 8.19. The number of carboxylic acid groups (broad SMARTS) is 1. The lowest BCUT2D eigenvalue weighted by molar-refractivity contribution is 0.0698. The molecule has 1 atom stereocenters. The first-order chi connectivity index (χ1) is 16.3. The molecule has 170 valence electrons. The number of nitrogens with one attached hydrogen (secondary N) is 1. The molecule has 0 radical (unpaired) electrons. The number of hydrogen-bond donors (Lipinski definition) is 2. The van der Waals surface area contributed by atoms with Gasteiger partial charge in [-0.25, -0.2) is 9.78 Å². The van der Waals surface area contributed by atoms with Gasteiger partial charge in [0.25, 0.3) is 0 Å². The van der Waals surface area contributed by atoms with Gasteiger partial charge in [0.1, 0.15) is 16.9 Å². The predicted octanol–water partition coefficient (Wildman–Crippen LogP) is 5.53. The number of aryl methyl sites for hydroxylation is 2. The van der Waals surface area contributed by atoms with E-state index < -0.39 is 5.97 Å². The number of para-hydroxylation sites is 1. The van der Waals surface area contributed by atoms with E-state index >= 15 is 0 Å². The second-order valence-electron chi connectivity index (χ2n) is 8.46. The van der Waals surface area contributed by atoms with Crippen LogP contribution >= 0.6 is 0 Å². The molecule has 3 aromatic heterocycles. The summed E-state index contributed by atoms with van der Waals surface area (Å²) in [6.45, 7) is 3.83. The highest BCUT2D eigenvalue weighted by Gasteiger charge is 2.19. The molecule has 7 nitrogen and oxygen atoms in total. The second-order valence-corrected chi connectivity index (χ2v) is 8.46. The summed E-state index contributed by atoms with van der Waals surface area (Å²) < 4.78 is 8.20. The SMILES string of the molecule is Cc1cc([C@@H](C)Nc2ccccc2C(=O)O)c2oc(-c3ccc4ccn(C)c4n3)cc(=O)c2c1. The van der Waals surface area contributed by atoms with E-state index in [1.54, 1.807) is 30.3 Å². The first-order valence-corrected chi connectivity index (χ1v) is 10.9. The number of benzene rings is 2. The van der Waals surface area contributed by atoms with E-state index in [9.17, 15) is 14.7 Å². The lowest BCUT2D eigenvalue weighted by Gasteiger charge is -2.19. The van der Waals surface area contributed by atoms with Crippen LogP contribution in [0.3, 0.4) is 0 Å². The normalized spacial score (nSPS) is 12.2. The van der Waals surface area contributed by atoms with Crippen molar-refractivity contribution < 1.29 is 14.3 Å². The quantitative estimate of drug-likeness (QED) is 0.363. The van der Waals surface area contributed by atoms with E-state index in [1.165, 1.54) is 6.07 Å². The number of hydrogen-bond acceptors (Lipinski definition) is 5. The van der Waals surface area contributed by atoms with Crippen molar-refractivity contribution in [3.8, 4) is 11.5 Å². The molecule has 0 amide bonds. The van der Waals surface area contributed by atoms with E-state index in [4.69, 9.17) is 9.40 Å². The molecule has 34 heavy (non-hydrogen) atoms. The number of rotatable bonds is 5. The topological polar surface area (TPSA) is 97.4 Å².